The van der Waals surface area contributed by atoms with E-state index in [1.54, 1.807) is 44.6 Å². The topological polar surface area (TPSA) is 73.2 Å². The van der Waals surface area contributed by atoms with Crippen molar-refractivity contribution in [2.75, 3.05) is 26.6 Å². The Bertz CT molecular complexity index is 1020. The minimum Gasteiger partial charge on any atom is -0.496 e. The number of nitrogens with zero attached hydrogens (tertiary/aromatic N) is 1. The first-order valence-electron chi connectivity index (χ1n) is 9.15. The normalized spacial score (nSPS) is 15.5. The number of ether oxygens (including phenoxy) is 3. The van der Waals surface area contributed by atoms with Gasteiger partial charge in [0.25, 0.3) is 5.91 Å². The van der Waals surface area contributed by atoms with Gasteiger partial charge in [-0.3, -0.25) is 4.79 Å². The van der Waals surface area contributed by atoms with Crippen molar-refractivity contribution >= 4 is 11.6 Å². The van der Waals surface area contributed by atoms with E-state index in [4.69, 9.17) is 18.6 Å². The molecule has 0 radical (unpaired) electrons. The molecule has 0 aliphatic carbocycles. The number of carbonyl (C=O) groups is 1. The highest BCUT2D eigenvalue weighted by atomic mass is 16.5. The predicted molar refractivity (Wildman–Crippen MR) is 107 cm³/mol. The van der Waals surface area contributed by atoms with Crippen LogP contribution in [-0.4, -0.2) is 32.1 Å². The number of benzene rings is 2. The molecule has 0 fully saturated rings. The molecule has 1 atom stereocenters. The molecule has 2 heterocycles. The summed E-state index contributed by atoms with van der Waals surface area (Å²) in [5, 5.41) is 3.46. The molecule has 1 N–H and O–H groups in total. The fraction of sp³-hybridized carbons (Fsp3) is 0.227. The maximum Gasteiger partial charge on any atom is 0.258 e. The summed E-state index contributed by atoms with van der Waals surface area (Å²) in [6.45, 7) is 0.301. The maximum absolute atomic E-state index is 13.4. The standard InChI is InChI=1S/C22H22N2O5/c1-26-18-12-20(28-3)19(27-2)11-16(18)21-23-17-9-5-4-8-15(17)22(25)24(21)13-14-7-6-10-29-14/h4-12,21,23H,13H2,1-3H3. The zero-order valence-electron chi connectivity index (χ0n) is 16.5. The van der Waals surface area contributed by atoms with Crippen LogP contribution in [0, 0.1) is 0 Å². The lowest BCUT2D eigenvalue weighted by atomic mass is 10.0. The highest BCUT2D eigenvalue weighted by Gasteiger charge is 2.35. The summed E-state index contributed by atoms with van der Waals surface area (Å²) < 4.78 is 22.0. The number of amides is 1. The number of carbonyl (C=O) groups excluding carboxylic acids is 1. The number of fused-ring (bicyclic) bond motifs is 1. The summed E-state index contributed by atoms with van der Waals surface area (Å²) in [7, 11) is 4.72. The van der Waals surface area contributed by atoms with Gasteiger partial charge in [0.1, 0.15) is 17.7 Å². The number of furan rings is 1. The third-order valence-corrected chi connectivity index (χ3v) is 4.96. The van der Waals surface area contributed by atoms with Crippen molar-refractivity contribution in [1.29, 1.82) is 0 Å². The van der Waals surface area contributed by atoms with Crippen molar-refractivity contribution in [2.24, 2.45) is 0 Å². The van der Waals surface area contributed by atoms with E-state index in [0.717, 1.165) is 11.3 Å². The second-order valence-electron chi connectivity index (χ2n) is 6.55. The molecule has 1 unspecified atom stereocenters. The highest BCUT2D eigenvalue weighted by molar-refractivity contribution is 6.01. The van der Waals surface area contributed by atoms with E-state index in [0.29, 0.717) is 35.1 Å². The molecule has 1 aliphatic heterocycles. The monoisotopic (exact) mass is 394 g/mol. The predicted octanol–water partition coefficient (Wildman–Crippen LogP) is 4.07. The second kappa shape index (κ2) is 7.79. The number of nitrogens with one attached hydrogen (secondary N) is 1. The summed E-state index contributed by atoms with van der Waals surface area (Å²) in [6, 6.07) is 14.7. The van der Waals surface area contributed by atoms with Gasteiger partial charge in [-0.2, -0.15) is 0 Å². The van der Waals surface area contributed by atoms with Gasteiger partial charge in [-0.25, -0.2) is 0 Å². The van der Waals surface area contributed by atoms with Gasteiger partial charge in [-0.1, -0.05) is 12.1 Å². The molecule has 1 amide bonds. The molecule has 7 nitrogen and oxygen atoms in total. The van der Waals surface area contributed by atoms with E-state index in [-0.39, 0.29) is 5.91 Å². The van der Waals surface area contributed by atoms with Crippen molar-refractivity contribution < 1.29 is 23.4 Å². The quantitative estimate of drug-likeness (QED) is 0.679. The molecule has 1 aliphatic rings. The summed E-state index contributed by atoms with van der Waals surface area (Å²) in [6.07, 6.45) is 1.11. The van der Waals surface area contributed by atoms with Crippen molar-refractivity contribution in [3.8, 4) is 17.2 Å². The molecule has 0 spiro atoms. The van der Waals surface area contributed by atoms with Gasteiger partial charge in [-0.15, -0.1) is 0 Å². The number of hydrogen-bond acceptors (Lipinski definition) is 6. The van der Waals surface area contributed by atoms with Gasteiger partial charge in [-0.05, 0) is 30.3 Å². The molecule has 4 rings (SSSR count). The van der Waals surface area contributed by atoms with Crippen molar-refractivity contribution in [3.05, 3.63) is 71.7 Å². The average Bonchev–Trinajstić information content (AvgIpc) is 3.28. The van der Waals surface area contributed by atoms with Crippen LogP contribution in [0.2, 0.25) is 0 Å². The van der Waals surface area contributed by atoms with Crippen LogP contribution in [0.25, 0.3) is 0 Å². The van der Waals surface area contributed by atoms with E-state index in [2.05, 4.69) is 5.32 Å². The van der Waals surface area contributed by atoms with E-state index in [1.807, 2.05) is 36.4 Å². The third-order valence-electron chi connectivity index (χ3n) is 4.96. The van der Waals surface area contributed by atoms with E-state index >= 15 is 0 Å². The van der Waals surface area contributed by atoms with Crippen LogP contribution in [0.5, 0.6) is 17.2 Å². The van der Waals surface area contributed by atoms with E-state index in [1.165, 1.54) is 0 Å². The van der Waals surface area contributed by atoms with Gasteiger partial charge < -0.3 is 28.8 Å². The molecule has 7 heteroatoms. The van der Waals surface area contributed by atoms with Crippen LogP contribution in [-0.2, 0) is 6.54 Å². The molecule has 2 aromatic carbocycles. The maximum atomic E-state index is 13.4. The number of anilines is 1. The molecule has 1 aromatic heterocycles. The fourth-order valence-electron chi connectivity index (χ4n) is 3.54. The van der Waals surface area contributed by atoms with Crippen LogP contribution in [0.15, 0.2) is 59.2 Å². The SMILES string of the molecule is COc1cc(OC)c(C2Nc3ccccc3C(=O)N2Cc2ccco2)cc1OC. The third kappa shape index (κ3) is 3.35. The lowest BCUT2D eigenvalue weighted by Gasteiger charge is -2.38. The van der Waals surface area contributed by atoms with E-state index < -0.39 is 6.17 Å². The minimum atomic E-state index is -0.489. The number of methoxy groups -OCH3 is 3. The van der Waals surface area contributed by atoms with Crippen LogP contribution in [0.1, 0.15) is 27.8 Å². The van der Waals surface area contributed by atoms with Crippen LogP contribution < -0.4 is 19.5 Å². The van der Waals surface area contributed by atoms with Gasteiger partial charge in [0.15, 0.2) is 11.5 Å². The average molecular weight is 394 g/mol. The van der Waals surface area contributed by atoms with Crippen molar-refractivity contribution in [2.45, 2.75) is 12.7 Å². The highest BCUT2D eigenvalue weighted by Crippen LogP contribution is 2.42. The molecule has 0 bridgehead atoms. The first-order valence-corrected chi connectivity index (χ1v) is 9.15. The van der Waals surface area contributed by atoms with Crippen molar-refractivity contribution in [1.82, 2.24) is 4.90 Å². The smallest absolute Gasteiger partial charge is 0.258 e. The van der Waals surface area contributed by atoms with Crippen molar-refractivity contribution in [3.63, 3.8) is 0 Å². The summed E-state index contributed by atoms with van der Waals surface area (Å²) in [5.41, 5.74) is 2.12. The summed E-state index contributed by atoms with van der Waals surface area (Å²) in [4.78, 5) is 15.1. The lowest BCUT2D eigenvalue weighted by molar-refractivity contribution is 0.0649. The largest absolute Gasteiger partial charge is 0.496 e. The minimum absolute atomic E-state index is 0.0995. The van der Waals surface area contributed by atoms with Gasteiger partial charge in [0, 0.05) is 17.3 Å². The number of para-hydroxylation sites is 1. The Morgan fingerprint density at radius 2 is 1.69 bits per heavy atom. The Morgan fingerprint density at radius 3 is 2.38 bits per heavy atom. The molecule has 3 aromatic rings. The van der Waals surface area contributed by atoms with Crippen LogP contribution in [0.4, 0.5) is 5.69 Å². The Morgan fingerprint density at radius 1 is 0.966 bits per heavy atom. The second-order valence-corrected chi connectivity index (χ2v) is 6.55. The Kier molecular flexibility index (Phi) is 5.03. The lowest BCUT2D eigenvalue weighted by Crippen LogP contribution is -2.42. The van der Waals surface area contributed by atoms with Crippen LogP contribution >= 0.6 is 0 Å². The first kappa shape index (κ1) is 18.7. The summed E-state index contributed by atoms with van der Waals surface area (Å²) in [5.74, 6) is 2.26. The Labute approximate surface area is 168 Å². The number of hydrogen-bond donors (Lipinski definition) is 1. The molecular weight excluding hydrogens is 372 g/mol. The van der Waals surface area contributed by atoms with Gasteiger partial charge in [0.05, 0.1) is 39.7 Å². The fourth-order valence-corrected chi connectivity index (χ4v) is 3.54. The van der Waals surface area contributed by atoms with Gasteiger partial charge in [0.2, 0.25) is 0 Å². The summed E-state index contributed by atoms with van der Waals surface area (Å²) >= 11 is 0. The van der Waals surface area contributed by atoms with E-state index in [9.17, 15) is 4.79 Å². The van der Waals surface area contributed by atoms with Crippen LogP contribution in [0.3, 0.4) is 0 Å². The zero-order chi connectivity index (χ0) is 20.4. The first-order chi connectivity index (χ1) is 14.2. The molecule has 0 saturated heterocycles. The number of rotatable bonds is 6. The molecular formula is C22H22N2O5. The van der Waals surface area contributed by atoms with Gasteiger partial charge >= 0.3 is 0 Å². The molecule has 150 valence electrons. The molecule has 0 saturated carbocycles. The Hall–Kier alpha value is -3.61. The Balaban J connectivity index is 1.84. The zero-order valence-corrected chi connectivity index (χ0v) is 16.5. The molecule has 29 heavy (non-hydrogen) atoms.